The van der Waals surface area contributed by atoms with Crippen LogP contribution in [-0.4, -0.2) is 19.7 Å². The average molecular weight is 265 g/mol. The lowest BCUT2D eigenvalue weighted by Crippen LogP contribution is -2.02. The minimum absolute atomic E-state index is 0.484. The first kappa shape index (κ1) is 12.5. The molecule has 5 heteroatoms. The predicted octanol–water partition coefficient (Wildman–Crippen LogP) is 2.10. The van der Waals surface area contributed by atoms with E-state index < -0.39 is 0 Å². The van der Waals surface area contributed by atoms with Gasteiger partial charge < -0.3 is 5.73 Å². The Hall–Kier alpha value is -2.53. The van der Waals surface area contributed by atoms with Gasteiger partial charge in [-0.2, -0.15) is 0 Å². The molecule has 0 bridgehead atoms. The van der Waals surface area contributed by atoms with Crippen molar-refractivity contribution in [3.63, 3.8) is 0 Å². The fraction of sp³-hybridized carbons (Fsp3) is 0.133. The van der Waals surface area contributed by atoms with Gasteiger partial charge in [-0.15, -0.1) is 10.2 Å². The van der Waals surface area contributed by atoms with Crippen molar-refractivity contribution in [2.45, 2.75) is 13.5 Å². The third-order valence-corrected chi connectivity index (χ3v) is 3.13. The molecule has 0 unspecified atom stereocenters. The minimum atomic E-state index is 0.484. The zero-order valence-electron chi connectivity index (χ0n) is 11.2. The smallest absolute Gasteiger partial charge is 0.187 e. The molecule has 0 atom stereocenters. The van der Waals surface area contributed by atoms with Gasteiger partial charge in [0.15, 0.2) is 5.82 Å². The standard InChI is InChI=1S/C15H15N5/c1-11-18-19-15(14-8-7-12(9-16)10-17-14)20(11)13-5-3-2-4-6-13/h2-8,10H,9,16H2,1H3. The summed E-state index contributed by atoms with van der Waals surface area (Å²) in [7, 11) is 0. The molecule has 2 N–H and O–H groups in total. The van der Waals surface area contributed by atoms with E-state index in [1.54, 1.807) is 6.20 Å². The molecule has 3 rings (SSSR count). The zero-order chi connectivity index (χ0) is 13.9. The Kier molecular flexibility index (Phi) is 3.26. The van der Waals surface area contributed by atoms with E-state index in [9.17, 15) is 0 Å². The van der Waals surface area contributed by atoms with Gasteiger partial charge in [0.05, 0.1) is 0 Å². The zero-order valence-corrected chi connectivity index (χ0v) is 11.2. The van der Waals surface area contributed by atoms with Gasteiger partial charge in [0.25, 0.3) is 0 Å². The molecule has 5 nitrogen and oxygen atoms in total. The molecule has 2 aromatic heterocycles. The van der Waals surface area contributed by atoms with E-state index in [0.29, 0.717) is 6.54 Å². The van der Waals surface area contributed by atoms with Crippen molar-refractivity contribution in [2.75, 3.05) is 0 Å². The molecule has 2 heterocycles. The van der Waals surface area contributed by atoms with Crippen LogP contribution in [0.3, 0.4) is 0 Å². The van der Waals surface area contributed by atoms with Gasteiger partial charge in [0, 0.05) is 18.4 Å². The Morgan fingerprint density at radius 1 is 1.05 bits per heavy atom. The molecule has 0 radical (unpaired) electrons. The monoisotopic (exact) mass is 265 g/mol. The number of rotatable bonds is 3. The summed E-state index contributed by atoms with van der Waals surface area (Å²) in [5.41, 5.74) is 8.39. The highest BCUT2D eigenvalue weighted by atomic mass is 15.3. The summed E-state index contributed by atoms with van der Waals surface area (Å²) in [5.74, 6) is 1.56. The topological polar surface area (TPSA) is 69.6 Å². The van der Waals surface area contributed by atoms with Crippen LogP contribution >= 0.6 is 0 Å². The lowest BCUT2D eigenvalue weighted by Gasteiger charge is -2.08. The molecule has 0 aliphatic carbocycles. The van der Waals surface area contributed by atoms with Crippen LogP contribution in [0.5, 0.6) is 0 Å². The van der Waals surface area contributed by atoms with Crippen LogP contribution in [0.25, 0.3) is 17.2 Å². The highest BCUT2D eigenvalue weighted by molar-refractivity contribution is 5.54. The Morgan fingerprint density at radius 2 is 1.85 bits per heavy atom. The number of para-hydroxylation sites is 1. The minimum Gasteiger partial charge on any atom is -0.326 e. The van der Waals surface area contributed by atoms with Gasteiger partial charge in [-0.05, 0) is 30.7 Å². The van der Waals surface area contributed by atoms with E-state index in [0.717, 1.165) is 28.6 Å². The SMILES string of the molecule is Cc1nnc(-c2ccc(CN)cn2)n1-c1ccccc1. The lowest BCUT2D eigenvalue weighted by atomic mass is 10.2. The van der Waals surface area contributed by atoms with Crippen molar-refractivity contribution in [1.82, 2.24) is 19.7 Å². The van der Waals surface area contributed by atoms with Gasteiger partial charge in [-0.1, -0.05) is 24.3 Å². The van der Waals surface area contributed by atoms with E-state index in [1.807, 2.05) is 54.0 Å². The van der Waals surface area contributed by atoms with Gasteiger partial charge >= 0.3 is 0 Å². The molecule has 0 aliphatic heterocycles. The quantitative estimate of drug-likeness (QED) is 0.787. The second kappa shape index (κ2) is 5.22. The Morgan fingerprint density at radius 3 is 2.50 bits per heavy atom. The molecule has 0 saturated heterocycles. The molecule has 0 aliphatic rings. The average Bonchev–Trinajstić information content (AvgIpc) is 2.90. The third-order valence-electron chi connectivity index (χ3n) is 3.13. The fourth-order valence-electron chi connectivity index (χ4n) is 2.09. The molecule has 0 fully saturated rings. The van der Waals surface area contributed by atoms with Crippen LogP contribution < -0.4 is 5.73 Å². The summed E-state index contributed by atoms with van der Waals surface area (Å²) in [6.45, 7) is 2.41. The van der Waals surface area contributed by atoms with Gasteiger partial charge in [-0.25, -0.2) is 0 Å². The summed E-state index contributed by atoms with van der Waals surface area (Å²) in [5, 5.41) is 8.40. The normalized spacial score (nSPS) is 10.7. The number of nitrogens with two attached hydrogens (primary N) is 1. The third kappa shape index (κ3) is 2.19. The second-order valence-corrected chi connectivity index (χ2v) is 4.50. The molecule has 1 aromatic carbocycles. The molecular formula is C15H15N5. The van der Waals surface area contributed by atoms with Crippen molar-refractivity contribution in [3.05, 3.63) is 60.0 Å². The van der Waals surface area contributed by atoms with Crippen molar-refractivity contribution in [3.8, 4) is 17.2 Å². The highest BCUT2D eigenvalue weighted by Gasteiger charge is 2.13. The van der Waals surface area contributed by atoms with Gasteiger partial charge in [0.2, 0.25) is 0 Å². The largest absolute Gasteiger partial charge is 0.326 e. The number of hydrogen-bond donors (Lipinski definition) is 1. The Bertz CT molecular complexity index is 701. The second-order valence-electron chi connectivity index (χ2n) is 4.50. The molecule has 0 amide bonds. The molecule has 3 aromatic rings. The maximum Gasteiger partial charge on any atom is 0.187 e. The number of pyridine rings is 1. The molecule has 20 heavy (non-hydrogen) atoms. The van der Waals surface area contributed by atoms with E-state index in [2.05, 4.69) is 15.2 Å². The number of hydrogen-bond acceptors (Lipinski definition) is 4. The number of benzene rings is 1. The van der Waals surface area contributed by atoms with Crippen molar-refractivity contribution < 1.29 is 0 Å². The number of nitrogens with zero attached hydrogens (tertiary/aromatic N) is 4. The number of aryl methyl sites for hydroxylation is 1. The molecule has 100 valence electrons. The molecule has 0 spiro atoms. The van der Waals surface area contributed by atoms with Crippen LogP contribution in [-0.2, 0) is 6.54 Å². The molecule has 0 saturated carbocycles. The summed E-state index contributed by atoms with van der Waals surface area (Å²) in [6, 6.07) is 13.9. The first-order chi connectivity index (χ1) is 9.79. The van der Waals surface area contributed by atoms with E-state index in [1.165, 1.54) is 0 Å². The van der Waals surface area contributed by atoms with Crippen LogP contribution in [0.15, 0.2) is 48.7 Å². The number of aromatic nitrogens is 4. The van der Waals surface area contributed by atoms with Crippen molar-refractivity contribution in [2.24, 2.45) is 5.73 Å². The van der Waals surface area contributed by atoms with Gasteiger partial charge in [-0.3, -0.25) is 9.55 Å². The molecular weight excluding hydrogens is 250 g/mol. The predicted molar refractivity (Wildman–Crippen MR) is 77.2 cm³/mol. The van der Waals surface area contributed by atoms with Crippen LogP contribution in [0.2, 0.25) is 0 Å². The first-order valence-corrected chi connectivity index (χ1v) is 6.42. The first-order valence-electron chi connectivity index (χ1n) is 6.42. The van der Waals surface area contributed by atoms with E-state index in [4.69, 9.17) is 5.73 Å². The van der Waals surface area contributed by atoms with Crippen LogP contribution in [0, 0.1) is 6.92 Å². The van der Waals surface area contributed by atoms with Crippen LogP contribution in [0.1, 0.15) is 11.4 Å². The Labute approximate surface area is 117 Å². The highest BCUT2D eigenvalue weighted by Crippen LogP contribution is 2.20. The van der Waals surface area contributed by atoms with E-state index >= 15 is 0 Å². The summed E-state index contributed by atoms with van der Waals surface area (Å²) in [6.07, 6.45) is 1.77. The summed E-state index contributed by atoms with van der Waals surface area (Å²) < 4.78 is 1.99. The van der Waals surface area contributed by atoms with Gasteiger partial charge in [0.1, 0.15) is 11.5 Å². The van der Waals surface area contributed by atoms with Crippen molar-refractivity contribution >= 4 is 0 Å². The van der Waals surface area contributed by atoms with Crippen molar-refractivity contribution in [1.29, 1.82) is 0 Å². The summed E-state index contributed by atoms with van der Waals surface area (Å²) in [4.78, 5) is 4.42. The maximum absolute atomic E-state index is 5.59. The van der Waals surface area contributed by atoms with Crippen LogP contribution in [0.4, 0.5) is 0 Å². The van der Waals surface area contributed by atoms with E-state index in [-0.39, 0.29) is 0 Å². The lowest BCUT2D eigenvalue weighted by molar-refractivity contribution is 0.968. The maximum atomic E-state index is 5.59. The summed E-state index contributed by atoms with van der Waals surface area (Å²) >= 11 is 0. The Balaban J connectivity index is 2.11. The fourth-order valence-corrected chi connectivity index (χ4v) is 2.09.